The van der Waals surface area contributed by atoms with E-state index in [1.54, 1.807) is 14.0 Å². The van der Waals surface area contributed by atoms with Crippen molar-refractivity contribution in [1.82, 2.24) is 20.8 Å². The molecule has 0 aliphatic rings. The van der Waals surface area contributed by atoms with E-state index in [1.807, 2.05) is 0 Å². The van der Waals surface area contributed by atoms with E-state index in [-0.39, 0.29) is 12.5 Å². The summed E-state index contributed by atoms with van der Waals surface area (Å²) in [6, 6.07) is 0. The number of hydrogen-bond acceptors (Lipinski definition) is 6. The molecule has 96 valence electrons. The van der Waals surface area contributed by atoms with Crippen molar-refractivity contribution in [2.45, 2.75) is 13.3 Å². The Morgan fingerprint density at radius 2 is 2.29 bits per heavy atom. The van der Waals surface area contributed by atoms with Gasteiger partial charge in [0.25, 0.3) is 0 Å². The molecule has 1 aromatic rings. The maximum Gasteiger partial charge on any atom is 0.233 e. The zero-order valence-electron chi connectivity index (χ0n) is 10.2. The summed E-state index contributed by atoms with van der Waals surface area (Å²) in [7, 11) is 1.62. The van der Waals surface area contributed by atoms with Crippen molar-refractivity contribution in [2.24, 2.45) is 0 Å². The lowest BCUT2D eigenvalue weighted by atomic mass is 10.4. The van der Waals surface area contributed by atoms with E-state index in [2.05, 4.69) is 20.8 Å². The minimum atomic E-state index is -0.0580. The zero-order chi connectivity index (χ0) is 12.5. The average molecular weight is 242 g/mol. The van der Waals surface area contributed by atoms with Gasteiger partial charge >= 0.3 is 0 Å². The first kappa shape index (κ1) is 13.6. The van der Waals surface area contributed by atoms with Gasteiger partial charge in [0.1, 0.15) is 0 Å². The molecule has 0 atom stereocenters. The fourth-order valence-electron chi connectivity index (χ4n) is 1.19. The predicted molar refractivity (Wildman–Crippen MR) is 60.5 cm³/mol. The molecule has 0 aliphatic carbocycles. The van der Waals surface area contributed by atoms with Crippen molar-refractivity contribution in [3.63, 3.8) is 0 Å². The molecule has 0 aliphatic heterocycles. The lowest BCUT2D eigenvalue weighted by molar-refractivity contribution is -0.120. The van der Waals surface area contributed by atoms with Crippen molar-refractivity contribution < 1.29 is 14.1 Å². The molecule has 0 radical (unpaired) electrons. The van der Waals surface area contributed by atoms with Crippen molar-refractivity contribution in [3.8, 4) is 0 Å². The third kappa shape index (κ3) is 5.98. The SMILES string of the molecule is COCCNCC(=O)NCCc1nc(C)no1. The molecule has 1 aromatic heterocycles. The van der Waals surface area contributed by atoms with Crippen LogP contribution in [0.3, 0.4) is 0 Å². The van der Waals surface area contributed by atoms with Gasteiger partial charge in [-0.3, -0.25) is 4.79 Å². The van der Waals surface area contributed by atoms with E-state index in [0.29, 0.717) is 37.8 Å². The molecule has 0 aromatic carbocycles. The number of methoxy groups -OCH3 is 1. The van der Waals surface area contributed by atoms with Gasteiger partial charge < -0.3 is 19.9 Å². The Kier molecular flexibility index (Phi) is 6.19. The summed E-state index contributed by atoms with van der Waals surface area (Å²) in [5.41, 5.74) is 0. The highest BCUT2D eigenvalue weighted by Gasteiger charge is 2.04. The van der Waals surface area contributed by atoms with Crippen LogP contribution in [0, 0.1) is 6.92 Å². The van der Waals surface area contributed by atoms with Gasteiger partial charge in [0.2, 0.25) is 11.8 Å². The Balaban J connectivity index is 2.04. The van der Waals surface area contributed by atoms with E-state index in [0.717, 1.165) is 0 Å². The Hall–Kier alpha value is -1.47. The van der Waals surface area contributed by atoms with Crippen LogP contribution in [-0.2, 0) is 16.0 Å². The smallest absolute Gasteiger partial charge is 0.233 e. The molecule has 0 bridgehead atoms. The fraction of sp³-hybridized carbons (Fsp3) is 0.700. The Labute approximate surface area is 99.9 Å². The molecule has 1 amide bonds. The monoisotopic (exact) mass is 242 g/mol. The third-order valence-corrected chi connectivity index (χ3v) is 2.00. The van der Waals surface area contributed by atoms with Gasteiger partial charge in [-0.1, -0.05) is 5.16 Å². The lowest BCUT2D eigenvalue weighted by Gasteiger charge is -2.04. The van der Waals surface area contributed by atoms with E-state index >= 15 is 0 Å². The summed E-state index contributed by atoms with van der Waals surface area (Å²) in [4.78, 5) is 15.4. The summed E-state index contributed by atoms with van der Waals surface area (Å²) in [5, 5.41) is 9.36. The van der Waals surface area contributed by atoms with Crippen LogP contribution in [0.4, 0.5) is 0 Å². The van der Waals surface area contributed by atoms with E-state index < -0.39 is 0 Å². The summed E-state index contributed by atoms with van der Waals surface area (Å²) >= 11 is 0. The maximum absolute atomic E-state index is 11.3. The Morgan fingerprint density at radius 1 is 1.47 bits per heavy atom. The second-order valence-corrected chi connectivity index (χ2v) is 3.50. The number of aryl methyl sites for hydroxylation is 1. The van der Waals surface area contributed by atoms with Gasteiger partial charge in [-0.25, -0.2) is 0 Å². The third-order valence-electron chi connectivity index (χ3n) is 2.00. The highest BCUT2D eigenvalue weighted by Crippen LogP contribution is 1.95. The van der Waals surface area contributed by atoms with Crippen LogP contribution in [-0.4, -0.2) is 49.4 Å². The van der Waals surface area contributed by atoms with Crippen LogP contribution in [0.1, 0.15) is 11.7 Å². The lowest BCUT2D eigenvalue weighted by Crippen LogP contribution is -2.36. The van der Waals surface area contributed by atoms with Crippen LogP contribution < -0.4 is 10.6 Å². The average Bonchev–Trinajstić information content (AvgIpc) is 2.71. The second-order valence-electron chi connectivity index (χ2n) is 3.50. The standard InChI is InChI=1S/C10H18N4O3/c1-8-13-10(17-14-8)3-4-12-9(15)7-11-5-6-16-2/h11H,3-7H2,1-2H3,(H,12,15). The van der Waals surface area contributed by atoms with Crippen molar-refractivity contribution in [3.05, 3.63) is 11.7 Å². The van der Waals surface area contributed by atoms with Gasteiger partial charge in [-0.05, 0) is 6.92 Å². The zero-order valence-corrected chi connectivity index (χ0v) is 10.2. The highest BCUT2D eigenvalue weighted by molar-refractivity contribution is 5.77. The minimum Gasteiger partial charge on any atom is -0.383 e. The van der Waals surface area contributed by atoms with Crippen LogP contribution in [0.15, 0.2) is 4.52 Å². The summed E-state index contributed by atoms with van der Waals surface area (Å²) in [5.74, 6) is 1.08. The molecule has 7 nitrogen and oxygen atoms in total. The molecule has 0 saturated carbocycles. The summed E-state index contributed by atoms with van der Waals surface area (Å²) in [6.45, 7) is 3.78. The number of hydrogen-bond donors (Lipinski definition) is 2. The largest absolute Gasteiger partial charge is 0.383 e. The van der Waals surface area contributed by atoms with Crippen molar-refractivity contribution in [2.75, 3.05) is 33.4 Å². The number of amides is 1. The molecule has 0 spiro atoms. The van der Waals surface area contributed by atoms with Crippen molar-refractivity contribution in [1.29, 1.82) is 0 Å². The minimum absolute atomic E-state index is 0.0580. The molecule has 0 fully saturated rings. The molecule has 0 unspecified atom stereocenters. The quantitative estimate of drug-likeness (QED) is 0.584. The van der Waals surface area contributed by atoms with Gasteiger partial charge in [0, 0.05) is 26.6 Å². The number of carbonyl (C=O) groups is 1. The predicted octanol–water partition coefficient (Wildman–Crippen LogP) is -0.727. The molecule has 1 heterocycles. The first-order valence-electron chi connectivity index (χ1n) is 5.48. The highest BCUT2D eigenvalue weighted by atomic mass is 16.5. The molecule has 0 saturated heterocycles. The van der Waals surface area contributed by atoms with Gasteiger partial charge in [-0.2, -0.15) is 4.98 Å². The molecule has 7 heteroatoms. The first-order chi connectivity index (χ1) is 8.22. The van der Waals surface area contributed by atoms with Crippen LogP contribution >= 0.6 is 0 Å². The molecule has 2 N–H and O–H groups in total. The van der Waals surface area contributed by atoms with Crippen LogP contribution in [0.2, 0.25) is 0 Å². The van der Waals surface area contributed by atoms with E-state index in [1.165, 1.54) is 0 Å². The van der Waals surface area contributed by atoms with Gasteiger partial charge in [0.15, 0.2) is 5.82 Å². The number of carbonyl (C=O) groups excluding carboxylic acids is 1. The van der Waals surface area contributed by atoms with Gasteiger partial charge in [0.05, 0.1) is 13.2 Å². The number of nitrogens with one attached hydrogen (secondary N) is 2. The van der Waals surface area contributed by atoms with E-state index in [9.17, 15) is 4.79 Å². The Bertz CT molecular complexity index is 340. The molecular weight excluding hydrogens is 224 g/mol. The fourth-order valence-corrected chi connectivity index (χ4v) is 1.19. The molecule has 17 heavy (non-hydrogen) atoms. The van der Waals surface area contributed by atoms with Gasteiger partial charge in [-0.15, -0.1) is 0 Å². The van der Waals surface area contributed by atoms with Crippen LogP contribution in [0.25, 0.3) is 0 Å². The number of aromatic nitrogens is 2. The second kappa shape index (κ2) is 7.75. The number of nitrogens with zero attached hydrogens (tertiary/aromatic N) is 2. The summed E-state index contributed by atoms with van der Waals surface area (Å²) < 4.78 is 9.76. The molecular formula is C10H18N4O3. The van der Waals surface area contributed by atoms with Crippen molar-refractivity contribution >= 4 is 5.91 Å². The summed E-state index contributed by atoms with van der Waals surface area (Å²) in [6.07, 6.45) is 0.546. The normalized spacial score (nSPS) is 10.5. The number of ether oxygens (including phenoxy) is 1. The number of rotatable bonds is 8. The topological polar surface area (TPSA) is 89.3 Å². The Morgan fingerprint density at radius 3 is 2.94 bits per heavy atom. The first-order valence-corrected chi connectivity index (χ1v) is 5.48. The maximum atomic E-state index is 11.3. The van der Waals surface area contributed by atoms with E-state index in [4.69, 9.17) is 9.26 Å². The molecule has 1 rings (SSSR count). The van der Waals surface area contributed by atoms with Crippen LogP contribution in [0.5, 0.6) is 0 Å².